The molecule has 1 amide bonds. The summed E-state index contributed by atoms with van der Waals surface area (Å²) in [5, 5.41) is 12.3. The van der Waals surface area contributed by atoms with E-state index in [9.17, 15) is 9.90 Å². The topological polar surface area (TPSA) is 52.6 Å². The van der Waals surface area contributed by atoms with Gasteiger partial charge < -0.3 is 10.4 Å². The van der Waals surface area contributed by atoms with Crippen molar-refractivity contribution in [2.45, 2.75) is 45.3 Å². The van der Waals surface area contributed by atoms with Crippen LogP contribution in [0.3, 0.4) is 0 Å². The van der Waals surface area contributed by atoms with Crippen LogP contribution < -0.4 is 5.32 Å². The molecule has 110 valence electrons. The fourth-order valence-corrected chi connectivity index (χ4v) is 2.73. The average molecular weight is 276 g/mol. The molecular weight excluding hydrogens is 252 g/mol. The second kappa shape index (κ2) is 7.41. The standard InChI is InChI=1S/C16H24N2O2/c1-2-16(20)17-10-13-6-3-4-7-14(13)11-18-9-5-8-15(18)12-19/h3-4,6-7,15,19H,2,5,8-12H2,1H3,(H,17,20)/t15-/m1/s1. The van der Waals surface area contributed by atoms with Crippen LogP contribution in [0.1, 0.15) is 37.3 Å². The second-order valence-electron chi connectivity index (χ2n) is 5.35. The predicted molar refractivity (Wildman–Crippen MR) is 79.1 cm³/mol. The van der Waals surface area contributed by atoms with Gasteiger partial charge in [-0.3, -0.25) is 9.69 Å². The number of amides is 1. The Balaban J connectivity index is 2.02. The maximum atomic E-state index is 11.4. The van der Waals surface area contributed by atoms with Crippen molar-refractivity contribution in [3.8, 4) is 0 Å². The molecule has 0 unspecified atom stereocenters. The van der Waals surface area contributed by atoms with E-state index >= 15 is 0 Å². The first-order valence-electron chi connectivity index (χ1n) is 7.43. The van der Waals surface area contributed by atoms with Gasteiger partial charge in [-0.05, 0) is 30.5 Å². The summed E-state index contributed by atoms with van der Waals surface area (Å²) in [6, 6.07) is 8.50. The minimum absolute atomic E-state index is 0.0780. The second-order valence-corrected chi connectivity index (χ2v) is 5.35. The summed E-state index contributed by atoms with van der Waals surface area (Å²) in [5.74, 6) is 0.0780. The monoisotopic (exact) mass is 276 g/mol. The van der Waals surface area contributed by atoms with Gasteiger partial charge in [-0.1, -0.05) is 31.2 Å². The summed E-state index contributed by atoms with van der Waals surface area (Å²) in [6.07, 6.45) is 2.74. The first kappa shape index (κ1) is 15.0. The fraction of sp³-hybridized carbons (Fsp3) is 0.562. The molecule has 4 heteroatoms. The van der Waals surface area contributed by atoms with Crippen molar-refractivity contribution in [1.82, 2.24) is 10.2 Å². The smallest absolute Gasteiger partial charge is 0.219 e. The SMILES string of the molecule is CCC(=O)NCc1ccccc1CN1CCC[C@@H]1CO. The highest BCUT2D eigenvalue weighted by Crippen LogP contribution is 2.21. The molecule has 0 aromatic heterocycles. The maximum absolute atomic E-state index is 11.4. The molecule has 1 atom stereocenters. The van der Waals surface area contributed by atoms with Crippen LogP contribution in [0.25, 0.3) is 0 Å². The van der Waals surface area contributed by atoms with E-state index in [1.54, 1.807) is 0 Å². The normalized spacial score (nSPS) is 19.2. The van der Waals surface area contributed by atoms with E-state index in [0.717, 1.165) is 31.5 Å². The van der Waals surface area contributed by atoms with Crippen molar-refractivity contribution in [1.29, 1.82) is 0 Å². The Bertz CT molecular complexity index is 448. The molecule has 0 aliphatic carbocycles. The lowest BCUT2D eigenvalue weighted by Crippen LogP contribution is -2.32. The summed E-state index contributed by atoms with van der Waals surface area (Å²) in [6.45, 7) is 4.57. The lowest BCUT2D eigenvalue weighted by Gasteiger charge is -2.24. The molecule has 0 bridgehead atoms. The number of carbonyl (C=O) groups excluding carboxylic acids is 1. The Morgan fingerprint density at radius 2 is 2.15 bits per heavy atom. The fourth-order valence-electron chi connectivity index (χ4n) is 2.73. The highest BCUT2D eigenvalue weighted by Gasteiger charge is 2.24. The minimum Gasteiger partial charge on any atom is -0.395 e. The number of nitrogens with zero attached hydrogens (tertiary/aromatic N) is 1. The van der Waals surface area contributed by atoms with E-state index in [0.29, 0.717) is 13.0 Å². The Labute approximate surface area is 120 Å². The predicted octanol–water partition coefficient (Wildman–Crippen LogP) is 1.67. The Morgan fingerprint density at radius 1 is 1.40 bits per heavy atom. The summed E-state index contributed by atoms with van der Waals surface area (Å²) >= 11 is 0. The van der Waals surface area contributed by atoms with E-state index in [1.165, 1.54) is 5.56 Å². The Kier molecular flexibility index (Phi) is 5.56. The Hall–Kier alpha value is -1.39. The van der Waals surface area contributed by atoms with Crippen LogP contribution in [0.4, 0.5) is 0 Å². The minimum atomic E-state index is 0.0780. The van der Waals surface area contributed by atoms with Crippen LogP contribution in [0, 0.1) is 0 Å². The zero-order valence-corrected chi connectivity index (χ0v) is 12.1. The molecule has 1 heterocycles. The van der Waals surface area contributed by atoms with Crippen LogP contribution in [0.5, 0.6) is 0 Å². The number of nitrogens with one attached hydrogen (secondary N) is 1. The van der Waals surface area contributed by atoms with E-state index in [-0.39, 0.29) is 18.6 Å². The molecular formula is C16H24N2O2. The number of benzene rings is 1. The largest absolute Gasteiger partial charge is 0.395 e. The number of carbonyl (C=O) groups is 1. The number of aliphatic hydroxyl groups is 1. The van der Waals surface area contributed by atoms with E-state index in [1.807, 2.05) is 19.1 Å². The first-order chi connectivity index (χ1) is 9.74. The van der Waals surface area contributed by atoms with Gasteiger partial charge in [-0.25, -0.2) is 0 Å². The summed E-state index contributed by atoms with van der Waals surface area (Å²) in [7, 11) is 0. The number of aliphatic hydroxyl groups excluding tert-OH is 1. The first-order valence-corrected chi connectivity index (χ1v) is 7.43. The number of hydrogen-bond acceptors (Lipinski definition) is 3. The summed E-state index contributed by atoms with van der Waals surface area (Å²) in [4.78, 5) is 13.7. The molecule has 2 N–H and O–H groups in total. The lowest BCUT2D eigenvalue weighted by atomic mass is 10.1. The number of hydrogen-bond donors (Lipinski definition) is 2. The zero-order valence-electron chi connectivity index (χ0n) is 12.1. The third kappa shape index (κ3) is 3.81. The molecule has 0 saturated carbocycles. The van der Waals surface area contributed by atoms with Gasteiger partial charge in [0.1, 0.15) is 0 Å². The molecule has 20 heavy (non-hydrogen) atoms. The average Bonchev–Trinajstić information content (AvgIpc) is 2.93. The lowest BCUT2D eigenvalue weighted by molar-refractivity contribution is -0.120. The van der Waals surface area contributed by atoms with Crippen molar-refractivity contribution < 1.29 is 9.90 Å². The number of likely N-dealkylation sites (tertiary alicyclic amines) is 1. The molecule has 0 radical (unpaired) electrons. The van der Waals surface area contributed by atoms with E-state index in [2.05, 4.69) is 22.3 Å². The van der Waals surface area contributed by atoms with Gasteiger partial charge >= 0.3 is 0 Å². The molecule has 1 aliphatic rings. The van der Waals surface area contributed by atoms with Crippen molar-refractivity contribution in [3.05, 3.63) is 35.4 Å². The third-order valence-corrected chi connectivity index (χ3v) is 4.00. The molecule has 1 aliphatic heterocycles. The van der Waals surface area contributed by atoms with Crippen LogP contribution >= 0.6 is 0 Å². The van der Waals surface area contributed by atoms with Gasteiger partial charge in [-0.15, -0.1) is 0 Å². The molecule has 1 saturated heterocycles. The van der Waals surface area contributed by atoms with Gasteiger partial charge in [0.05, 0.1) is 6.61 Å². The molecule has 2 rings (SSSR count). The van der Waals surface area contributed by atoms with Crippen LogP contribution in [-0.4, -0.2) is 35.1 Å². The van der Waals surface area contributed by atoms with Crippen LogP contribution in [-0.2, 0) is 17.9 Å². The third-order valence-electron chi connectivity index (χ3n) is 4.00. The Morgan fingerprint density at radius 3 is 2.85 bits per heavy atom. The van der Waals surface area contributed by atoms with E-state index < -0.39 is 0 Å². The zero-order chi connectivity index (χ0) is 14.4. The molecule has 1 fully saturated rings. The van der Waals surface area contributed by atoms with Crippen LogP contribution in [0.15, 0.2) is 24.3 Å². The highest BCUT2D eigenvalue weighted by atomic mass is 16.3. The highest BCUT2D eigenvalue weighted by molar-refractivity contribution is 5.75. The van der Waals surface area contributed by atoms with Crippen molar-refractivity contribution >= 4 is 5.91 Å². The molecule has 1 aromatic carbocycles. The van der Waals surface area contributed by atoms with Gasteiger partial charge in [0.15, 0.2) is 0 Å². The van der Waals surface area contributed by atoms with Crippen molar-refractivity contribution in [2.75, 3.05) is 13.2 Å². The van der Waals surface area contributed by atoms with Crippen LogP contribution in [0.2, 0.25) is 0 Å². The molecule has 0 spiro atoms. The van der Waals surface area contributed by atoms with Gasteiger partial charge in [0.25, 0.3) is 0 Å². The van der Waals surface area contributed by atoms with Crippen molar-refractivity contribution in [2.24, 2.45) is 0 Å². The van der Waals surface area contributed by atoms with E-state index in [4.69, 9.17) is 0 Å². The summed E-state index contributed by atoms with van der Waals surface area (Å²) in [5.41, 5.74) is 2.40. The quantitative estimate of drug-likeness (QED) is 0.831. The maximum Gasteiger partial charge on any atom is 0.219 e. The summed E-state index contributed by atoms with van der Waals surface area (Å²) < 4.78 is 0. The van der Waals surface area contributed by atoms with Gasteiger partial charge in [-0.2, -0.15) is 0 Å². The van der Waals surface area contributed by atoms with Gasteiger partial charge in [0.2, 0.25) is 5.91 Å². The number of rotatable bonds is 6. The van der Waals surface area contributed by atoms with Gasteiger partial charge in [0, 0.05) is 25.6 Å². The molecule has 1 aromatic rings. The van der Waals surface area contributed by atoms with Crippen molar-refractivity contribution in [3.63, 3.8) is 0 Å². The molecule has 4 nitrogen and oxygen atoms in total.